The van der Waals surface area contributed by atoms with Crippen LogP contribution in [0.1, 0.15) is 16.3 Å². The van der Waals surface area contributed by atoms with Gasteiger partial charge in [0.05, 0.1) is 5.01 Å². The van der Waals surface area contributed by atoms with Gasteiger partial charge in [-0.15, -0.1) is 11.3 Å². The lowest BCUT2D eigenvalue weighted by atomic mass is 9.73. The molecule has 1 N–H and O–H groups in total. The van der Waals surface area contributed by atoms with Crippen LogP contribution in [-0.2, 0) is 11.8 Å². The van der Waals surface area contributed by atoms with E-state index in [0.717, 1.165) is 25.2 Å². The average molecular weight is 323 g/mol. The van der Waals surface area contributed by atoms with Gasteiger partial charge in [-0.2, -0.15) is 0 Å². The number of rotatable bonds is 3. The zero-order valence-corrected chi connectivity index (χ0v) is 12.6. The van der Waals surface area contributed by atoms with E-state index in [1.165, 1.54) is 15.0 Å². The van der Waals surface area contributed by atoms with Gasteiger partial charge in [0, 0.05) is 40.5 Å². The molecule has 1 saturated heterocycles. The molecule has 1 aliphatic heterocycles. The number of thiazole rings is 1. The molecule has 18 heavy (non-hydrogen) atoms. The molecule has 1 fully saturated rings. The van der Waals surface area contributed by atoms with Crippen molar-refractivity contribution in [2.75, 3.05) is 13.1 Å². The minimum absolute atomic E-state index is 0.213. The number of hydrogen-bond acceptors (Lipinski definition) is 3. The molecule has 0 saturated carbocycles. The molecule has 2 aromatic rings. The van der Waals surface area contributed by atoms with E-state index in [0.29, 0.717) is 0 Å². The van der Waals surface area contributed by atoms with Crippen molar-refractivity contribution in [2.45, 2.75) is 18.8 Å². The Bertz CT molecular complexity index is 560. The number of aryl methyl sites for hydroxylation is 1. The van der Waals surface area contributed by atoms with Gasteiger partial charge in [-0.05, 0) is 18.6 Å². The highest BCUT2D eigenvalue weighted by molar-refractivity contribution is 9.10. The Morgan fingerprint density at radius 3 is 2.72 bits per heavy atom. The maximum absolute atomic E-state index is 4.61. The van der Waals surface area contributed by atoms with Crippen LogP contribution >= 0.6 is 27.3 Å². The summed E-state index contributed by atoms with van der Waals surface area (Å²) in [6.45, 7) is 4.13. The zero-order valence-electron chi connectivity index (χ0n) is 10.2. The van der Waals surface area contributed by atoms with Gasteiger partial charge in [0.2, 0.25) is 0 Å². The summed E-state index contributed by atoms with van der Waals surface area (Å²) in [7, 11) is 0. The lowest BCUT2D eigenvalue weighted by Gasteiger charge is -2.43. The molecule has 1 aromatic heterocycles. The van der Waals surface area contributed by atoms with E-state index >= 15 is 0 Å². The van der Waals surface area contributed by atoms with Crippen molar-refractivity contribution < 1.29 is 0 Å². The van der Waals surface area contributed by atoms with Crippen LogP contribution < -0.4 is 5.32 Å². The number of hydrogen-bond donors (Lipinski definition) is 1. The Morgan fingerprint density at radius 2 is 2.17 bits per heavy atom. The molecule has 0 spiro atoms. The highest BCUT2D eigenvalue weighted by Gasteiger charge is 2.40. The second-order valence-corrected chi connectivity index (χ2v) is 6.72. The van der Waals surface area contributed by atoms with Gasteiger partial charge in [0.25, 0.3) is 0 Å². The standard InChI is InChI=1S/C14H15BrN2S/c1-10-7-18-13(17-10)6-14(8-16-9-14)11-4-2-3-5-12(11)15/h2-5,7,16H,6,8-9H2,1H3. The molecule has 1 aliphatic rings. The number of benzene rings is 1. The first-order chi connectivity index (χ1) is 8.70. The Balaban J connectivity index is 1.93. The number of aromatic nitrogens is 1. The van der Waals surface area contributed by atoms with Gasteiger partial charge in [0.1, 0.15) is 0 Å². The third-order valence-electron chi connectivity index (χ3n) is 3.53. The molecule has 2 nitrogen and oxygen atoms in total. The van der Waals surface area contributed by atoms with Crippen LogP contribution in [0.4, 0.5) is 0 Å². The van der Waals surface area contributed by atoms with E-state index in [2.05, 4.69) is 62.8 Å². The van der Waals surface area contributed by atoms with Crippen LogP contribution in [0, 0.1) is 6.92 Å². The fraction of sp³-hybridized carbons (Fsp3) is 0.357. The van der Waals surface area contributed by atoms with Crippen molar-refractivity contribution in [3.8, 4) is 0 Å². The van der Waals surface area contributed by atoms with Gasteiger partial charge in [-0.1, -0.05) is 34.1 Å². The van der Waals surface area contributed by atoms with Crippen LogP contribution in [0.25, 0.3) is 0 Å². The monoisotopic (exact) mass is 322 g/mol. The van der Waals surface area contributed by atoms with E-state index in [-0.39, 0.29) is 5.41 Å². The van der Waals surface area contributed by atoms with Crippen molar-refractivity contribution in [3.63, 3.8) is 0 Å². The summed E-state index contributed by atoms with van der Waals surface area (Å²) < 4.78 is 1.21. The Labute approximate surface area is 120 Å². The second kappa shape index (κ2) is 4.76. The third-order valence-corrected chi connectivity index (χ3v) is 5.19. The fourth-order valence-electron chi connectivity index (χ4n) is 2.50. The molecule has 0 bridgehead atoms. The lowest BCUT2D eigenvalue weighted by molar-refractivity contribution is 0.273. The van der Waals surface area contributed by atoms with E-state index in [1.54, 1.807) is 11.3 Å². The van der Waals surface area contributed by atoms with Crippen molar-refractivity contribution in [2.24, 2.45) is 0 Å². The normalized spacial score (nSPS) is 17.4. The van der Waals surface area contributed by atoms with Crippen LogP contribution in [0.15, 0.2) is 34.1 Å². The predicted octanol–water partition coefficient (Wildman–Crippen LogP) is 3.30. The summed E-state index contributed by atoms with van der Waals surface area (Å²) in [5.41, 5.74) is 2.74. The summed E-state index contributed by atoms with van der Waals surface area (Å²) in [6, 6.07) is 8.54. The van der Waals surface area contributed by atoms with Crippen LogP contribution in [0.3, 0.4) is 0 Å². The highest BCUT2D eigenvalue weighted by Crippen LogP contribution is 2.37. The van der Waals surface area contributed by atoms with Gasteiger partial charge in [-0.25, -0.2) is 4.98 Å². The minimum atomic E-state index is 0.213. The molecule has 2 heterocycles. The van der Waals surface area contributed by atoms with Crippen molar-refractivity contribution in [3.05, 3.63) is 50.4 Å². The Kier molecular flexibility index (Phi) is 3.26. The first-order valence-electron chi connectivity index (χ1n) is 6.06. The smallest absolute Gasteiger partial charge is 0.0938 e. The SMILES string of the molecule is Cc1csc(CC2(c3ccccc3Br)CNC2)n1. The molecule has 0 atom stereocenters. The number of nitrogens with zero attached hydrogens (tertiary/aromatic N) is 1. The summed E-state index contributed by atoms with van der Waals surface area (Å²) in [5, 5.41) is 6.79. The first kappa shape index (κ1) is 12.3. The van der Waals surface area contributed by atoms with Crippen LogP contribution in [0.2, 0.25) is 0 Å². The summed E-state index contributed by atoms with van der Waals surface area (Å²) in [5.74, 6) is 0. The molecule has 0 amide bonds. The number of halogens is 1. The van der Waals surface area contributed by atoms with Gasteiger partial charge in [0.15, 0.2) is 0 Å². The Morgan fingerprint density at radius 1 is 1.39 bits per heavy atom. The molecule has 0 aliphatic carbocycles. The fourth-order valence-corrected chi connectivity index (χ4v) is 4.12. The summed E-state index contributed by atoms with van der Waals surface area (Å²) in [6.07, 6.45) is 1.03. The van der Waals surface area contributed by atoms with Gasteiger partial charge >= 0.3 is 0 Å². The quantitative estimate of drug-likeness (QED) is 0.937. The zero-order chi connectivity index (χ0) is 12.6. The lowest BCUT2D eigenvalue weighted by Crippen LogP contribution is -2.58. The molecule has 3 rings (SSSR count). The molecule has 0 unspecified atom stereocenters. The second-order valence-electron chi connectivity index (χ2n) is 4.92. The first-order valence-corrected chi connectivity index (χ1v) is 7.74. The average Bonchev–Trinajstić information content (AvgIpc) is 2.71. The molecule has 0 radical (unpaired) electrons. The molecular formula is C14H15BrN2S. The maximum Gasteiger partial charge on any atom is 0.0938 e. The number of nitrogens with one attached hydrogen (secondary N) is 1. The highest BCUT2D eigenvalue weighted by atomic mass is 79.9. The van der Waals surface area contributed by atoms with E-state index in [1.807, 2.05) is 0 Å². The van der Waals surface area contributed by atoms with E-state index in [4.69, 9.17) is 0 Å². The summed E-state index contributed by atoms with van der Waals surface area (Å²) >= 11 is 5.45. The van der Waals surface area contributed by atoms with Gasteiger partial charge < -0.3 is 5.32 Å². The largest absolute Gasteiger partial charge is 0.315 e. The van der Waals surface area contributed by atoms with Crippen molar-refractivity contribution >= 4 is 27.3 Å². The van der Waals surface area contributed by atoms with E-state index < -0.39 is 0 Å². The van der Waals surface area contributed by atoms with Crippen molar-refractivity contribution in [1.29, 1.82) is 0 Å². The van der Waals surface area contributed by atoms with E-state index in [9.17, 15) is 0 Å². The van der Waals surface area contributed by atoms with Crippen molar-refractivity contribution in [1.82, 2.24) is 10.3 Å². The maximum atomic E-state index is 4.61. The van der Waals surface area contributed by atoms with Crippen LogP contribution in [-0.4, -0.2) is 18.1 Å². The predicted molar refractivity (Wildman–Crippen MR) is 79.2 cm³/mol. The molecular weight excluding hydrogens is 308 g/mol. The third kappa shape index (κ3) is 2.13. The molecule has 4 heteroatoms. The molecule has 1 aromatic carbocycles. The summed E-state index contributed by atoms with van der Waals surface area (Å²) in [4.78, 5) is 4.61. The van der Waals surface area contributed by atoms with Crippen LogP contribution in [0.5, 0.6) is 0 Å². The Hall–Kier alpha value is -0.710. The molecule has 94 valence electrons. The topological polar surface area (TPSA) is 24.9 Å². The van der Waals surface area contributed by atoms with Gasteiger partial charge in [-0.3, -0.25) is 0 Å². The minimum Gasteiger partial charge on any atom is -0.315 e.